The van der Waals surface area contributed by atoms with Gasteiger partial charge in [-0.05, 0) is 18.1 Å². The van der Waals surface area contributed by atoms with E-state index in [2.05, 4.69) is 16.2 Å². The zero-order valence-electron chi connectivity index (χ0n) is 9.93. The average Bonchev–Trinajstić information content (AvgIpc) is 2.78. The lowest BCUT2D eigenvalue weighted by atomic mass is 10.1. The Morgan fingerprint density at radius 2 is 2.33 bits per heavy atom. The molecule has 0 aliphatic heterocycles. The van der Waals surface area contributed by atoms with Crippen LogP contribution >= 0.6 is 0 Å². The number of benzene rings is 1. The van der Waals surface area contributed by atoms with Crippen LogP contribution in [0.15, 0.2) is 28.8 Å². The maximum atomic E-state index is 13.0. The highest BCUT2D eigenvalue weighted by atomic mass is 19.1. The van der Waals surface area contributed by atoms with Gasteiger partial charge in [0.2, 0.25) is 11.7 Å². The first-order valence-electron chi connectivity index (χ1n) is 5.64. The average molecular weight is 245 g/mol. The third-order valence-electron chi connectivity index (χ3n) is 2.51. The molecule has 1 atom stereocenters. The summed E-state index contributed by atoms with van der Waals surface area (Å²) in [6.45, 7) is 1.94. The van der Waals surface area contributed by atoms with Crippen molar-refractivity contribution in [3.05, 3.63) is 36.0 Å². The van der Waals surface area contributed by atoms with Gasteiger partial charge >= 0.3 is 0 Å². The monoisotopic (exact) mass is 245 g/mol. The van der Waals surface area contributed by atoms with Gasteiger partial charge in [-0.2, -0.15) is 10.2 Å². The summed E-state index contributed by atoms with van der Waals surface area (Å²) in [5.41, 5.74) is 0.581. The first-order chi connectivity index (χ1) is 8.69. The van der Waals surface area contributed by atoms with Gasteiger partial charge in [0.25, 0.3) is 0 Å². The molecule has 1 aromatic heterocycles. The zero-order chi connectivity index (χ0) is 13.0. The number of rotatable bonds is 4. The van der Waals surface area contributed by atoms with E-state index in [1.54, 1.807) is 12.1 Å². The summed E-state index contributed by atoms with van der Waals surface area (Å²) in [6.07, 6.45) is 0.994. The van der Waals surface area contributed by atoms with Crippen LogP contribution in [0, 0.1) is 23.1 Å². The van der Waals surface area contributed by atoms with Gasteiger partial charge < -0.3 is 4.52 Å². The number of hydrogen-bond acceptors (Lipinski definition) is 4. The first-order valence-corrected chi connectivity index (χ1v) is 5.64. The maximum absolute atomic E-state index is 13.0. The Morgan fingerprint density at radius 1 is 1.50 bits per heavy atom. The smallest absolute Gasteiger partial charge is 0.227 e. The zero-order valence-corrected chi connectivity index (χ0v) is 9.93. The fraction of sp³-hybridized carbons (Fsp3) is 0.308. The molecule has 0 spiro atoms. The van der Waals surface area contributed by atoms with Crippen molar-refractivity contribution in [3.8, 4) is 17.5 Å². The third kappa shape index (κ3) is 2.92. The second kappa shape index (κ2) is 5.41. The van der Waals surface area contributed by atoms with E-state index in [1.807, 2.05) is 6.92 Å². The second-order valence-corrected chi connectivity index (χ2v) is 4.19. The first kappa shape index (κ1) is 12.2. The molecule has 0 N–H and O–H groups in total. The van der Waals surface area contributed by atoms with E-state index in [4.69, 9.17) is 9.78 Å². The Labute approximate surface area is 104 Å². The quantitative estimate of drug-likeness (QED) is 0.830. The SMILES string of the molecule is CC(CC#N)Cc1nc(-c2cccc(F)c2)no1. The van der Waals surface area contributed by atoms with Crippen LogP contribution in [-0.2, 0) is 6.42 Å². The third-order valence-corrected chi connectivity index (χ3v) is 2.51. The summed E-state index contributed by atoms with van der Waals surface area (Å²) < 4.78 is 18.1. The molecule has 18 heavy (non-hydrogen) atoms. The molecule has 0 aliphatic rings. The van der Waals surface area contributed by atoms with Gasteiger partial charge in [0, 0.05) is 18.4 Å². The molecule has 0 fully saturated rings. The van der Waals surface area contributed by atoms with E-state index in [0.29, 0.717) is 30.1 Å². The van der Waals surface area contributed by atoms with Crippen molar-refractivity contribution in [3.63, 3.8) is 0 Å². The Kier molecular flexibility index (Phi) is 3.68. The fourth-order valence-electron chi connectivity index (χ4n) is 1.61. The minimum Gasteiger partial charge on any atom is -0.339 e. The Morgan fingerprint density at radius 3 is 3.06 bits per heavy atom. The van der Waals surface area contributed by atoms with Crippen LogP contribution in [0.3, 0.4) is 0 Å². The summed E-state index contributed by atoms with van der Waals surface area (Å²) >= 11 is 0. The predicted molar refractivity (Wildman–Crippen MR) is 62.8 cm³/mol. The summed E-state index contributed by atoms with van der Waals surface area (Å²) in [7, 11) is 0. The van der Waals surface area contributed by atoms with Gasteiger partial charge in [-0.15, -0.1) is 0 Å². The van der Waals surface area contributed by atoms with E-state index >= 15 is 0 Å². The van der Waals surface area contributed by atoms with Crippen molar-refractivity contribution in [2.24, 2.45) is 5.92 Å². The maximum Gasteiger partial charge on any atom is 0.227 e. The van der Waals surface area contributed by atoms with Crippen LogP contribution in [0.25, 0.3) is 11.4 Å². The van der Waals surface area contributed by atoms with E-state index in [0.717, 1.165) is 0 Å². The molecule has 5 heteroatoms. The minimum atomic E-state index is -0.336. The Hall–Kier alpha value is -2.22. The van der Waals surface area contributed by atoms with Crippen molar-refractivity contribution in [2.75, 3.05) is 0 Å². The summed E-state index contributed by atoms with van der Waals surface area (Å²) in [6, 6.07) is 8.12. The lowest BCUT2D eigenvalue weighted by Crippen LogP contribution is -1.98. The molecule has 1 unspecified atom stereocenters. The number of nitriles is 1. The molecule has 2 aromatic rings. The molecule has 0 saturated heterocycles. The molecule has 4 nitrogen and oxygen atoms in total. The van der Waals surface area contributed by atoms with Crippen LogP contribution in [0.2, 0.25) is 0 Å². The van der Waals surface area contributed by atoms with E-state index in [9.17, 15) is 4.39 Å². The van der Waals surface area contributed by atoms with Crippen LogP contribution in [-0.4, -0.2) is 10.1 Å². The Balaban J connectivity index is 2.13. The molecule has 92 valence electrons. The lowest BCUT2D eigenvalue weighted by Gasteiger charge is -2.00. The van der Waals surface area contributed by atoms with Gasteiger partial charge in [0.15, 0.2) is 0 Å². The van der Waals surface area contributed by atoms with Crippen molar-refractivity contribution >= 4 is 0 Å². The van der Waals surface area contributed by atoms with E-state index in [1.165, 1.54) is 12.1 Å². The minimum absolute atomic E-state index is 0.163. The topological polar surface area (TPSA) is 62.7 Å². The fourth-order valence-corrected chi connectivity index (χ4v) is 1.61. The van der Waals surface area contributed by atoms with Gasteiger partial charge in [-0.25, -0.2) is 4.39 Å². The van der Waals surface area contributed by atoms with E-state index < -0.39 is 0 Å². The molecule has 0 aliphatic carbocycles. The molecule has 0 saturated carbocycles. The van der Waals surface area contributed by atoms with Crippen LogP contribution in [0.1, 0.15) is 19.2 Å². The highest BCUT2D eigenvalue weighted by molar-refractivity contribution is 5.53. The van der Waals surface area contributed by atoms with Crippen LogP contribution in [0.5, 0.6) is 0 Å². The second-order valence-electron chi connectivity index (χ2n) is 4.19. The number of halogens is 1. The van der Waals surface area contributed by atoms with Gasteiger partial charge in [0.05, 0.1) is 6.07 Å². The number of nitrogens with zero attached hydrogens (tertiary/aromatic N) is 3. The van der Waals surface area contributed by atoms with E-state index in [-0.39, 0.29) is 11.7 Å². The summed E-state index contributed by atoms with van der Waals surface area (Å²) in [5, 5.41) is 12.4. The molecular formula is C13H12FN3O. The number of aromatic nitrogens is 2. The Bertz CT molecular complexity index is 574. The van der Waals surface area contributed by atoms with Crippen molar-refractivity contribution in [1.82, 2.24) is 10.1 Å². The summed E-state index contributed by atoms with van der Waals surface area (Å²) in [5.74, 6) is 0.665. The molecule has 1 aromatic carbocycles. The van der Waals surface area contributed by atoms with Gasteiger partial charge in [-0.1, -0.05) is 24.2 Å². The molecule has 2 rings (SSSR count). The number of hydrogen-bond donors (Lipinski definition) is 0. The molecule has 0 amide bonds. The standard InChI is InChI=1S/C13H12FN3O/c1-9(5-6-15)7-12-16-13(17-18-12)10-3-2-4-11(14)8-10/h2-4,8-9H,5,7H2,1H3. The molecule has 0 radical (unpaired) electrons. The highest BCUT2D eigenvalue weighted by Gasteiger charge is 2.12. The van der Waals surface area contributed by atoms with Crippen LogP contribution in [0.4, 0.5) is 4.39 Å². The van der Waals surface area contributed by atoms with Crippen LogP contribution < -0.4 is 0 Å². The largest absolute Gasteiger partial charge is 0.339 e. The van der Waals surface area contributed by atoms with Crippen molar-refractivity contribution < 1.29 is 8.91 Å². The highest BCUT2D eigenvalue weighted by Crippen LogP contribution is 2.18. The predicted octanol–water partition coefficient (Wildman–Crippen LogP) is 2.97. The van der Waals surface area contributed by atoms with Gasteiger partial charge in [-0.3, -0.25) is 0 Å². The normalized spacial score (nSPS) is 12.1. The molecule has 1 heterocycles. The molecular weight excluding hydrogens is 233 g/mol. The lowest BCUT2D eigenvalue weighted by molar-refractivity contribution is 0.359. The molecule has 0 bridgehead atoms. The summed E-state index contributed by atoms with van der Waals surface area (Å²) in [4.78, 5) is 4.19. The van der Waals surface area contributed by atoms with Gasteiger partial charge in [0.1, 0.15) is 5.82 Å². The van der Waals surface area contributed by atoms with Crippen molar-refractivity contribution in [1.29, 1.82) is 5.26 Å². The van der Waals surface area contributed by atoms with Crippen molar-refractivity contribution in [2.45, 2.75) is 19.8 Å².